The van der Waals surface area contributed by atoms with Gasteiger partial charge in [-0.2, -0.15) is 0 Å². The van der Waals surface area contributed by atoms with E-state index in [1.165, 1.54) is 6.92 Å². The van der Waals surface area contributed by atoms with Crippen molar-refractivity contribution in [2.24, 2.45) is 5.92 Å². The number of piperidine rings is 1. The van der Waals surface area contributed by atoms with Crippen LogP contribution in [-0.2, 0) is 9.59 Å². The Balaban J connectivity index is 2.30. The lowest BCUT2D eigenvalue weighted by Crippen LogP contribution is -2.43. The number of carbonyl (C=O) groups excluding carboxylic acids is 2. The molecule has 0 radical (unpaired) electrons. The Morgan fingerprint density at radius 1 is 1.41 bits per heavy atom. The molecule has 0 N–H and O–H groups in total. The summed E-state index contributed by atoms with van der Waals surface area (Å²) in [6.07, 6.45) is 1.48. The largest absolute Gasteiger partial charge is 0.310 e. The molecule has 4 heteroatoms. The number of hydrogen-bond donors (Lipinski definition) is 0. The number of carbonyl (C=O) groups is 2. The molecule has 0 unspecified atom stereocenters. The van der Waals surface area contributed by atoms with Crippen molar-refractivity contribution in [2.75, 3.05) is 11.4 Å². The van der Waals surface area contributed by atoms with Gasteiger partial charge in [-0.25, -0.2) is 0 Å². The molecule has 3 nitrogen and oxygen atoms in total. The normalized spacial score (nSPS) is 20.5. The van der Waals surface area contributed by atoms with Gasteiger partial charge in [-0.05, 0) is 31.9 Å². The SMILES string of the molecule is CC(=O)[C@@H]1CCCN(c2ccccc2Cl)C1=O. The molecule has 1 fully saturated rings. The molecule has 0 spiro atoms. The van der Waals surface area contributed by atoms with Gasteiger partial charge in [0.2, 0.25) is 5.91 Å². The highest BCUT2D eigenvalue weighted by molar-refractivity contribution is 6.34. The van der Waals surface area contributed by atoms with Crippen molar-refractivity contribution in [3.8, 4) is 0 Å². The van der Waals surface area contributed by atoms with Crippen molar-refractivity contribution >= 4 is 29.0 Å². The minimum Gasteiger partial charge on any atom is -0.310 e. The van der Waals surface area contributed by atoms with Crippen LogP contribution in [0, 0.1) is 5.92 Å². The number of hydrogen-bond acceptors (Lipinski definition) is 2. The first-order chi connectivity index (χ1) is 8.11. The molecule has 1 aliphatic rings. The van der Waals surface area contributed by atoms with Crippen molar-refractivity contribution in [3.05, 3.63) is 29.3 Å². The monoisotopic (exact) mass is 251 g/mol. The summed E-state index contributed by atoms with van der Waals surface area (Å²) in [6, 6.07) is 7.22. The van der Waals surface area contributed by atoms with Crippen LogP contribution in [0.3, 0.4) is 0 Å². The summed E-state index contributed by atoms with van der Waals surface area (Å²) >= 11 is 6.07. The predicted molar refractivity (Wildman–Crippen MR) is 67.2 cm³/mol. The number of anilines is 1. The van der Waals surface area contributed by atoms with Crippen molar-refractivity contribution < 1.29 is 9.59 Å². The molecule has 0 bridgehead atoms. The Morgan fingerprint density at radius 2 is 2.12 bits per heavy atom. The van der Waals surface area contributed by atoms with Gasteiger partial charge >= 0.3 is 0 Å². The summed E-state index contributed by atoms with van der Waals surface area (Å²) in [5.41, 5.74) is 0.699. The predicted octanol–water partition coefficient (Wildman–Crippen LogP) is 2.67. The minimum atomic E-state index is -0.500. The van der Waals surface area contributed by atoms with Crippen LogP contribution in [0.4, 0.5) is 5.69 Å². The molecular weight excluding hydrogens is 238 g/mol. The Morgan fingerprint density at radius 3 is 2.76 bits per heavy atom. The molecule has 1 saturated heterocycles. The third kappa shape index (κ3) is 2.34. The summed E-state index contributed by atoms with van der Waals surface area (Å²) in [7, 11) is 0. The second-order valence-corrected chi connectivity index (χ2v) is 4.65. The Hall–Kier alpha value is -1.35. The summed E-state index contributed by atoms with van der Waals surface area (Å²) in [4.78, 5) is 25.2. The maximum absolute atomic E-state index is 12.2. The van der Waals surface area contributed by atoms with Crippen LogP contribution >= 0.6 is 11.6 Å². The number of amides is 1. The zero-order chi connectivity index (χ0) is 12.4. The average molecular weight is 252 g/mol. The molecule has 17 heavy (non-hydrogen) atoms. The molecule has 2 rings (SSSR count). The Kier molecular flexibility index (Phi) is 3.48. The third-order valence-corrected chi connectivity index (χ3v) is 3.39. The van der Waals surface area contributed by atoms with Crippen molar-refractivity contribution in [2.45, 2.75) is 19.8 Å². The first kappa shape index (κ1) is 12.1. The number of benzene rings is 1. The lowest BCUT2D eigenvalue weighted by Gasteiger charge is -2.31. The molecule has 0 saturated carbocycles. The van der Waals surface area contributed by atoms with Crippen LogP contribution in [-0.4, -0.2) is 18.2 Å². The van der Waals surface area contributed by atoms with Crippen molar-refractivity contribution in [3.63, 3.8) is 0 Å². The summed E-state index contributed by atoms with van der Waals surface area (Å²) in [5.74, 6) is -0.691. The van der Waals surface area contributed by atoms with E-state index in [1.807, 2.05) is 18.2 Å². The second kappa shape index (κ2) is 4.88. The van der Waals surface area contributed by atoms with Gasteiger partial charge in [0.1, 0.15) is 5.78 Å². The van der Waals surface area contributed by atoms with Crippen LogP contribution in [0.25, 0.3) is 0 Å². The van der Waals surface area contributed by atoms with Crippen LogP contribution in [0.1, 0.15) is 19.8 Å². The first-order valence-corrected chi connectivity index (χ1v) is 6.05. The van der Waals surface area contributed by atoms with E-state index in [9.17, 15) is 9.59 Å². The fourth-order valence-corrected chi connectivity index (χ4v) is 2.40. The maximum atomic E-state index is 12.2. The van der Waals surface area contributed by atoms with E-state index in [2.05, 4.69) is 0 Å². The molecule has 1 aromatic rings. The molecule has 1 heterocycles. The van der Waals surface area contributed by atoms with Gasteiger partial charge in [0.25, 0.3) is 0 Å². The molecule has 1 atom stereocenters. The fourth-order valence-electron chi connectivity index (χ4n) is 2.16. The Labute approximate surface area is 105 Å². The standard InChI is InChI=1S/C13H14ClNO2/c1-9(16)10-5-4-8-15(13(10)17)12-7-3-2-6-11(12)14/h2-3,6-7,10H,4-5,8H2,1H3/t10-/m0/s1. The molecule has 1 aliphatic heterocycles. The smallest absolute Gasteiger partial charge is 0.237 e. The van der Waals surface area contributed by atoms with Gasteiger partial charge < -0.3 is 4.90 Å². The fraction of sp³-hybridized carbons (Fsp3) is 0.385. The molecule has 0 aromatic heterocycles. The third-order valence-electron chi connectivity index (χ3n) is 3.07. The summed E-state index contributed by atoms with van der Waals surface area (Å²) in [5, 5.41) is 0.546. The van der Waals surface area contributed by atoms with Crippen LogP contribution in [0.15, 0.2) is 24.3 Å². The highest BCUT2D eigenvalue weighted by atomic mass is 35.5. The number of para-hydroxylation sites is 1. The molecule has 0 aliphatic carbocycles. The van der Waals surface area contributed by atoms with E-state index in [4.69, 9.17) is 11.6 Å². The van der Waals surface area contributed by atoms with Crippen molar-refractivity contribution in [1.82, 2.24) is 0 Å². The Bertz CT molecular complexity index is 458. The van der Waals surface area contributed by atoms with E-state index in [-0.39, 0.29) is 11.7 Å². The van der Waals surface area contributed by atoms with Gasteiger partial charge in [0.05, 0.1) is 16.6 Å². The second-order valence-electron chi connectivity index (χ2n) is 4.25. The minimum absolute atomic E-state index is 0.0632. The zero-order valence-corrected chi connectivity index (χ0v) is 10.4. The van der Waals surface area contributed by atoms with Gasteiger partial charge in [0, 0.05) is 6.54 Å². The summed E-state index contributed by atoms with van der Waals surface area (Å²) < 4.78 is 0. The highest BCUT2D eigenvalue weighted by Gasteiger charge is 2.33. The van der Waals surface area contributed by atoms with Gasteiger partial charge in [-0.3, -0.25) is 9.59 Å². The number of halogens is 1. The highest BCUT2D eigenvalue weighted by Crippen LogP contribution is 2.30. The lowest BCUT2D eigenvalue weighted by atomic mass is 9.93. The van der Waals surface area contributed by atoms with Gasteiger partial charge in [-0.1, -0.05) is 23.7 Å². The number of Topliss-reactive ketones (excluding diaryl/α,β-unsaturated/α-hetero) is 1. The lowest BCUT2D eigenvalue weighted by molar-refractivity contribution is -0.132. The van der Waals surface area contributed by atoms with E-state index in [0.717, 1.165) is 6.42 Å². The molecule has 1 aromatic carbocycles. The van der Waals surface area contributed by atoms with E-state index < -0.39 is 5.92 Å². The maximum Gasteiger partial charge on any atom is 0.237 e. The molecular formula is C13H14ClNO2. The average Bonchev–Trinajstić information content (AvgIpc) is 2.30. The quantitative estimate of drug-likeness (QED) is 0.758. The van der Waals surface area contributed by atoms with Crippen LogP contribution in [0.2, 0.25) is 5.02 Å². The van der Waals surface area contributed by atoms with E-state index >= 15 is 0 Å². The van der Waals surface area contributed by atoms with Crippen molar-refractivity contribution in [1.29, 1.82) is 0 Å². The number of ketones is 1. The van der Waals surface area contributed by atoms with Crippen LogP contribution < -0.4 is 4.90 Å². The number of rotatable bonds is 2. The van der Waals surface area contributed by atoms with E-state index in [0.29, 0.717) is 23.7 Å². The first-order valence-electron chi connectivity index (χ1n) is 5.67. The van der Waals surface area contributed by atoms with E-state index in [1.54, 1.807) is 11.0 Å². The van der Waals surface area contributed by atoms with Gasteiger partial charge in [0.15, 0.2) is 0 Å². The number of nitrogens with zero attached hydrogens (tertiary/aromatic N) is 1. The summed E-state index contributed by atoms with van der Waals surface area (Å²) in [6.45, 7) is 2.10. The molecule has 90 valence electrons. The molecule has 1 amide bonds. The zero-order valence-electron chi connectivity index (χ0n) is 9.65. The van der Waals surface area contributed by atoms with Gasteiger partial charge in [-0.15, -0.1) is 0 Å². The topological polar surface area (TPSA) is 37.4 Å². The van der Waals surface area contributed by atoms with Crippen LogP contribution in [0.5, 0.6) is 0 Å².